The summed E-state index contributed by atoms with van der Waals surface area (Å²) in [5, 5.41) is 5.30. The third kappa shape index (κ3) is 9.16. The van der Waals surface area contributed by atoms with Crippen LogP contribution in [0, 0.1) is 30.3 Å². The number of carbonyl (C=O) groups is 2. The number of hydrogen-bond acceptors (Lipinski definition) is 11. The van der Waals surface area contributed by atoms with Gasteiger partial charge in [0.2, 0.25) is 5.91 Å². The Morgan fingerprint density at radius 1 is 1.12 bits per heavy atom. The SMILES string of the molecule is C#C[C@]1(CO[P@@](=O)(N[C@@H](C)C(=O)OC2CCCCC2)Oc2ccccc2)O[C@@H](n2cnc3c(NC(=O)C(C)C)nc(F)nc32)C[C@@H]1OC(=C)C(C)C. The Morgan fingerprint density at radius 3 is 2.48 bits per heavy atom. The van der Waals surface area contributed by atoms with E-state index in [4.69, 9.17) is 29.7 Å². The van der Waals surface area contributed by atoms with Crippen LogP contribution in [0.4, 0.5) is 10.2 Å². The van der Waals surface area contributed by atoms with Crippen LogP contribution in [0.3, 0.4) is 0 Å². The summed E-state index contributed by atoms with van der Waals surface area (Å²) in [7, 11) is -4.38. The number of terminal acetylenes is 1. The number of halogens is 1. The summed E-state index contributed by atoms with van der Waals surface area (Å²) in [5.41, 5.74) is -1.57. The Labute approximate surface area is 302 Å². The van der Waals surface area contributed by atoms with E-state index in [1.165, 1.54) is 17.8 Å². The Hall–Kier alpha value is -4.35. The monoisotopic (exact) mass is 740 g/mol. The number of rotatable bonds is 15. The number of allylic oxidation sites excluding steroid dienone is 1. The van der Waals surface area contributed by atoms with Gasteiger partial charge in [-0.2, -0.15) is 19.4 Å². The highest BCUT2D eigenvalue weighted by molar-refractivity contribution is 7.52. The summed E-state index contributed by atoms with van der Waals surface area (Å²) >= 11 is 0. The van der Waals surface area contributed by atoms with Gasteiger partial charge in [-0.25, -0.2) is 9.55 Å². The summed E-state index contributed by atoms with van der Waals surface area (Å²) in [6.45, 7) is 12.2. The number of amides is 1. The van der Waals surface area contributed by atoms with Crippen LogP contribution in [0.25, 0.3) is 11.2 Å². The number of benzene rings is 1. The highest BCUT2D eigenvalue weighted by atomic mass is 31.2. The van der Waals surface area contributed by atoms with E-state index in [2.05, 4.69) is 37.9 Å². The highest BCUT2D eigenvalue weighted by Crippen LogP contribution is 2.49. The van der Waals surface area contributed by atoms with Gasteiger partial charge in [0, 0.05) is 18.3 Å². The van der Waals surface area contributed by atoms with Crippen LogP contribution in [-0.4, -0.2) is 61.9 Å². The number of esters is 1. The lowest BCUT2D eigenvalue weighted by Crippen LogP contribution is -2.45. The van der Waals surface area contributed by atoms with Gasteiger partial charge in [0.25, 0.3) is 0 Å². The molecule has 0 unspecified atom stereocenters. The van der Waals surface area contributed by atoms with E-state index in [0.29, 0.717) is 5.76 Å². The number of nitrogens with one attached hydrogen (secondary N) is 2. The summed E-state index contributed by atoms with van der Waals surface area (Å²) in [5.74, 6) is 1.64. The molecular weight excluding hydrogens is 694 g/mol. The van der Waals surface area contributed by atoms with Crippen LogP contribution in [0.2, 0.25) is 0 Å². The molecule has 1 aliphatic heterocycles. The zero-order chi connectivity index (χ0) is 37.6. The number of nitrogens with zero attached hydrogens (tertiary/aromatic N) is 4. The minimum Gasteiger partial charge on any atom is -0.491 e. The maximum atomic E-state index is 14.7. The third-order valence-corrected chi connectivity index (χ3v) is 10.5. The number of fused-ring (bicyclic) bond motifs is 1. The van der Waals surface area contributed by atoms with Gasteiger partial charge >= 0.3 is 19.8 Å². The zero-order valence-corrected chi connectivity index (χ0v) is 30.9. The van der Waals surface area contributed by atoms with Gasteiger partial charge in [-0.05, 0) is 44.7 Å². The summed E-state index contributed by atoms with van der Waals surface area (Å²) in [6.07, 6.45) is 8.93. The molecule has 5 atom stereocenters. The van der Waals surface area contributed by atoms with Crippen molar-refractivity contribution in [3.05, 3.63) is 55.1 Å². The van der Waals surface area contributed by atoms with Crippen molar-refractivity contribution < 1.29 is 41.8 Å². The van der Waals surface area contributed by atoms with Crippen molar-refractivity contribution in [1.82, 2.24) is 24.6 Å². The van der Waals surface area contributed by atoms with Crippen molar-refractivity contribution >= 4 is 36.6 Å². The topological polar surface area (TPSA) is 165 Å². The molecule has 2 aromatic heterocycles. The van der Waals surface area contributed by atoms with Crippen molar-refractivity contribution in [2.24, 2.45) is 11.8 Å². The van der Waals surface area contributed by atoms with Crippen molar-refractivity contribution in [3.8, 4) is 18.1 Å². The van der Waals surface area contributed by atoms with Crippen LogP contribution in [0.5, 0.6) is 5.75 Å². The molecule has 2 N–H and O–H groups in total. The Kier molecular flexibility index (Phi) is 12.4. The van der Waals surface area contributed by atoms with Gasteiger partial charge in [-0.3, -0.25) is 18.7 Å². The highest BCUT2D eigenvalue weighted by Gasteiger charge is 2.53. The summed E-state index contributed by atoms with van der Waals surface area (Å²) < 4.78 is 61.0. The fourth-order valence-electron chi connectivity index (χ4n) is 5.75. The zero-order valence-electron chi connectivity index (χ0n) is 30.0. The van der Waals surface area contributed by atoms with Crippen LogP contribution in [0.15, 0.2) is 49.0 Å². The molecule has 2 fully saturated rings. The maximum absolute atomic E-state index is 14.7. The molecule has 3 aromatic rings. The van der Waals surface area contributed by atoms with Crippen LogP contribution in [-0.2, 0) is 32.9 Å². The second-order valence-electron chi connectivity index (χ2n) is 13.6. The summed E-state index contributed by atoms with van der Waals surface area (Å²) in [6, 6.07) is 7.23. The van der Waals surface area contributed by atoms with E-state index in [0.717, 1.165) is 32.1 Å². The molecule has 0 bridgehead atoms. The first kappa shape index (κ1) is 38.9. The lowest BCUT2D eigenvalue weighted by Gasteiger charge is -2.32. The van der Waals surface area contributed by atoms with Crippen LogP contribution < -0.4 is 14.9 Å². The van der Waals surface area contributed by atoms with Gasteiger partial charge in [-0.1, -0.05) is 64.8 Å². The van der Waals surface area contributed by atoms with E-state index in [9.17, 15) is 18.5 Å². The van der Waals surface area contributed by atoms with Crippen LogP contribution in [0.1, 0.15) is 79.4 Å². The first-order chi connectivity index (χ1) is 24.7. The molecule has 280 valence electrons. The van der Waals surface area contributed by atoms with Gasteiger partial charge in [0.15, 0.2) is 22.6 Å². The largest absolute Gasteiger partial charge is 0.491 e. The number of imidazole rings is 1. The van der Waals surface area contributed by atoms with Crippen molar-refractivity contribution in [1.29, 1.82) is 0 Å². The Bertz CT molecular complexity index is 1840. The van der Waals surface area contributed by atoms with Gasteiger partial charge in [0.1, 0.15) is 36.8 Å². The predicted octanol–water partition coefficient (Wildman–Crippen LogP) is 6.46. The molecule has 1 saturated carbocycles. The van der Waals surface area contributed by atoms with E-state index in [1.54, 1.807) is 44.2 Å². The second-order valence-corrected chi connectivity index (χ2v) is 15.3. The standard InChI is InChI=1S/C36H46FN6O8P/c1-8-36(20-47-52(46,51-27-17-13-10-14-18-27)42-24(6)34(45)49-26-15-11-9-12-16-26)28(48-25(7)22(2)3)19-29(50-36)43-21-38-30-31(39-33(44)23(4)5)40-35(37)41-32(30)43/h1,10,13-14,17-18,21-24,26,28-29H,7,9,11-12,15-16,19-20H2,2-6H3,(H,42,46)(H,39,40,41,44)/t24-,28-,29+,36+,52-/m0/s1. The molecule has 5 rings (SSSR count). The first-order valence-electron chi connectivity index (χ1n) is 17.4. The fourth-order valence-corrected chi connectivity index (χ4v) is 7.27. The maximum Gasteiger partial charge on any atom is 0.459 e. The average molecular weight is 741 g/mol. The lowest BCUT2D eigenvalue weighted by molar-refractivity contribution is -0.152. The predicted molar refractivity (Wildman–Crippen MR) is 190 cm³/mol. The molecule has 52 heavy (non-hydrogen) atoms. The summed E-state index contributed by atoms with van der Waals surface area (Å²) in [4.78, 5) is 37.6. The minimum absolute atomic E-state index is 0.0248. The molecule has 1 saturated heterocycles. The molecule has 1 aliphatic carbocycles. The van der Waals surface area contributed by atoms with Gasteiger partial charge < -0.3 is 24.1 Å². The fraction of sp³-hybridized carbons (Fsp3) is 0.528. The number of carbonyl (C=O) groups excluding carboxylic acids is 2. The lowest BCUT2D eigenvalue weighted by atomic mass is 9.98. The van der Waals surface area contributed by atoms with E-state index < -0.39 is 56.3 Å². The molecule has 16 heteroatoms. The number of para-hydroxylation sites is 1. The molecular formula is C36H46FN6O8P. The molecule has 2 aliphatic rings. The second kappa shape index (κ2) is 16.5. The number of aromatic nitrogens is 4. The number of hydrogen-bond donors (Lipinski definition) is 2. The van der Waals surface area contributed by atoms with Gasteiger partial charge in [0.05, 0.1) is 12.1 Å². The van der Waals surface area contributed by atoms with E-state index >= 15 is 0 Å². The Balaban J connectivity index is 1.44. The number of ether oxygens (including phenoxy) is 3. The molecule has 0 spiro atoms. The van der Waals surface area contributed by atoms with Crippen molar-refractivity contribution in [2.45, 2.75) is 103 Å². The molecule has 14 nitrogen and oxygen atoms in total. The first-order valence-corrected chi connectivity index (χ1v) is 19.0. The molecule has 3 heterocycles. The third-order valence-electron chi connectivity index (χ3n) is 8.89. The smallest absolute Gasteiger partial charge is 0.459 e. The van der Waals surface area contributed by atoms with Gasteiger partial charge in [-0.15, -0.1) is 6.42 Å². The van der Waals surface area contributed by atoms with Crippen LogP contribution >= 0.6 is 7.75 Å². The Morgan fingerprint density at radius 2 is 1.83 bits per heavy atom. The van der Waals surface area contributed by atoms with Crippen molar-refractivity contribution in [2.75, 3.05) is 11.9 Å². The quantitative estimate of drug-likeness (QED) is 0.0575. The molecule has 0 radical (unpaired) electrons. The normalized spacial score (nSPS) is 22.4. The molecule has 1 amide bonds. The minimum atomic E-state index is -4.38. The average Bonchev–Trinajstić information content (AvgIpc) is 3.69. The molecule has 1 aromatic carbocycles. The van der Waals surface area contributed by atoms with E-state index in [-0.39, 0.29) is 47.1 Å². The van der Waals surface area contributed by atoms with Crippen molar-refractivity contribution in [3.63, 3.8) is 0 Å². The van der Waals surface area contributed by atoms with E-state index in [1.807, 2.05) is 13.8 Å². The number of anilines is 1.